The number of nitrogens with one attached hydrogen (secondary N) is 1. The Kier molecular flexibility index (Phi) is 7.71. The number of nitrogens with zero attached hydrogens (tertiary/aromatic N) is 5. The summed E-state index contributed by atoms with van der Waals surface area (Å²) in [7, 11) is 2.00. The Morgan fingerprint density at radius 2 is 1.88 bits per heavy atom. The number of fused-ring (bicyclic) bond motifs is 2. The molecule has 1 aromatic carbocycles. The SMILES string of the molecule is CN(CCCOC(=O)Nc1ccc(C(C)(C)C)cc1)C[C@H]1O[C@@H](n2cnc3c(N)ncnc32)[C@@H]2OC(C)(C)O[C@@H]21. The van der Waals surface area contributed by atoms with Gasteiger partial charge >= 0.3 is 6.09 Å². The number of anilines is 2. The predicted octanol–water partition coefficient (Wildman–Crippen LogP) is 3.69. The molecule has 3 aromatic rings. The summed E-state index contributed by atoms with van der Waals surface area (Å²) in [5, 5.41) is 2.79. The monoisotopic (exact) mass is 553 g/mol. The molecular weight excluding hydrogens is 514 g/mol. The van der Waals surface area contributed by atoms with Crippen LogP contribution in [0, 0.1) is 0 Å². The van der Waals surface area contributed by atoms with Crippen LogP contribution in [0.25, 0.3) is 11.2 Å². The Hall–Kier alpha value is -3.32. The van der Waals surface area contributed by atoms with E-state index in [1.165, 1.54) is 11.9 Å². The molecule has 0 radical (unpaired) electrons. The number of carbonyl (C=O) groups is 1. The van der Waals surface area contributed by atoms with Crippen LogP contribution in [0.15, 0.2) is 36.9 Å². The second kappa shape index (κ2) is 10.9. The number of likely N-dealkylation sites (N-methyl/N-ethyl adjacent to an activating group) is 1. The molecule has 3 N–H and O–H groups in total. The minimum atomic E-state index is -0.743. The van der Waals surface area contributed by atoms with Crippen LogP contribution in [0.1, 0.15) is 52.8 Å². The van der Waals surface area contributed by atoms with Gasteiger partial charge in [-0.15, -0.1) is 0 Å². The molecule has 40 heavy (non-hydrogen) atoms. The van der Waals surface area contributed by atoms with Crippen molar-refractivity contribution in [3.8, 4) is 0 Å². The van der Waals surface area contributed by atoms with E-state index >= 15 is 0 Å². The number of aromatic nitrogens is 4. The van der Waals surface area contributed by atoms with Gasteiger partial charge in [-0.25, -0.2) is 19.7 Å². The van der Waals surface area contributed by atoms with Crippen molar-refractivity contribution in [2.24, 2.45) is 0 Å². The van der Waals surface area contributed by atoms with E-state index in [1.54, 1.807) is 6.33 Å². The molecule has 2 aliphatic rings. The average molecular weight is 554 g/mol. The lowest BCUT2D eigenvalue weighted by Gasteiger charge is -2.27. The van der Waals surface area contributed by atoms with Crippen LogP contribution in [0.5, 0.6) is 0 Å². The highest BCUT2D eigenvalue weighted by atomic mass is 16.8. The largest absolute Gasteiger partial charge is 0.449 e. The van der Waals surface area contributed by atoms with E-state index in [-0.39, 0.29) is 23.7 Å². The van der Waals surface area contributed by atoms with Crippen molar-refractivity contribution >= 4 is 28.8 Å². The molecule has 2 aromatic heterocycles. The van der Waals surface area contributed by atoms with Gasteiger partial charge in [-0.05, 0) is 50.4 Å². The van der Waals surface area contributed by atoms with Crippen LogP contribution in [0.2, 0.25) is 0 Å². The first-order chi connectivity index (χ1) is 18.9. The Morgan fingerprint density at radius 3 is 2.60 bits per heavy atom. The number of amides is 1. The van der Waals surface area contributed by atoms with Crippen molar-refractivity contribution in [3.05, 3.63) is 42.5 Å². The highest BCUT2D eigenvalue weighted by Crippen LogP contribution is 2.44. The van der Waals surface area contributed by atoms with Crippen LogP contribution in [0.3, 0.4) is 0 Å². The van der Waals surface area contributed by atoms with Gasteiger partial charge in [0, 0.05) is 18.8 Å². The minimum Gasteiger partial charge on any atom is -0.449 e. The van der Waals surface area contributed by atoms with Crippen LogP contribution >= 0.6 is 0 Å². The van der Waals surface area contributed by atoms with Gasteiger partial charge in [-0.2, -0.15) is 0 Å². The Bertz CT molecular complexity index is 1340. The molecule has 0 spiro atoms. The molecule has 0 saturated carbocycles. The maximum atomic E-state index is 12.2. The third kappa shape index (κ3) is 6.04. The number of benzene rings is 1. The number of ether oxygens (including phenoxy) is 4. The normalized spacial score (nSPS) is 24.0. The van der Waals surface area contributed by atoms with Crippen molar-refractivity contribution in [2.45, 2.75) is 76.8 Å². The first kappa shape index (κ1) is 28.2. The fourth-order valence-electron chi connectivity index (χ4n) is 5.19. The van der Waals surface area contributed by atoms with Crippen molar-refractivity contribution in [3.63, 3.8) is 0 Å². The van der Waals surface area contributed by atoms with Crippen molar-refractivity contribution in [2.75, 3.05) is 37.8 Å². The van der Waals surface area contributed by atoms with E-state index in [4.69, 9.17) is 24.7 Å². The van der Waals surface area contributed by atoms with Crippen LogP contribution < -0.4 is 11.1 Å². The van der Waals surface area contributed by atoms with Crippen LogP contribution in [-0.4, -0.2) is 81.4 Å². The smallest absolute Gasteiger partial charge is 0.411 e. The summed E-state index contributed by atoms with van der Waals surface area (Å²) in [6, 6.07) is 7.82. The number of nitrogen functional groups attached to an aromatic ring is 1. The van der Waals surface area contributed by atoms with E-state index in [9.17, 15) is 4.79 Å². The summed E-state index contributed by atoms with van der Waals surface area (Å²) in [6.07, 6.45) is 1.92. The number of nitrogens with two attached hydrogens (primary N) is 1. The van der Waals surface area contributed by atoms with E-state index < -0.39 is 18.1 Å². The molecule has 0 unspecified atom stereocenters. The first-order valence-electron chi connectivity index (χ1n) is 13.6. The van der Waals surface area contributed by atoms with Gasteiger partial charge in [-0.1, -0.05) is 32.9 Å². The molecule has 216 valence electrons. The van der Waals surface area contributed by atoms with E-state index in [0.29, 0.717) is 48.8 Å². The first-order valence-corrected chi connectivity index (χ1v) is 13.6. The fraction of sp³-hybridized carbons (Fsp3) is 0.571. The summed E-state index contributed by atoms with van der Waals surface area (Å²) < 4.78 is 26.2. The maximum absolute atomic E-state index is 12.2. The number of imidazole rings is 1. The van der Waals surface area contributed by atoms with Crippen molar-refractivity contribution < 1.29 is 23.7 Å². The highest BCUT2D eigenvalue weighted by Gasteiger charge is 2.56. The molecule has 4 heterocycles. The van der Waals surface area contributed by atoms with Gasteiger partial charge in [0.2, 0.25) is 0 Å². The Morgan fingerprint density at radius 1 is 1.15 bits per heavy atom. The van der Waals surface area contributed by atoms with Gasteiger partial charge in [-0.3, -0.25) is 9.88 Å². The van der Waals surface area contributed by atoms with E-state index in [2.05, 4.69) is 45.9 Å². The lowest BCUT2D eigenvalue weighted by atomic mass is 9.87. The van der Waals surface area contributed by atoms with Gasteiger partial charge in [0.05, 0.1) is 12.9 Å². The van der Waals surface area contributed by atoms with E-state index in [0.717, 1.165) is 0 Å². The average Bonchev–Trinajstić information content (AvgIpc) is 3.54. The number of carbonyl (C=O) groups excluding carboxylic acids is 1. The van der Waals surface area contributed by atoms with Crippen molar-refractivity contribution in [1.29, 1.82) is 0 Å². The molecule has 2 fully saturated rings. The Labute approximate surface area is 234 Å². The summed E-state index contributed by atoms with van der Waals surface area (Å²) >= 11 is 0. The maximum Gasteiger partial charge on any atom is 0.411 e. The lowest BCUT2D eigenvalue weighted by Crippen LogP contribution is -2.39. The zero-order valence-corrected chi connectivity index (χ0v) is 24.0. The third-order valence-corrected chi connectivity index (χ3v) is 7.19. The summed E-state index contributed by atoms with van der Waals surface area (Å²) in [5.74, 6) is -0.430. The number of hydrogen-bond donors (Lipinski definition) is 2. The molecule has 4 atom stereocenters. The summed E-state index contributed by atoms with van der Waals surface area (Å²) in [5.41, 5.74) is 9.05. The zero-order valence-electron chi connectivity index (χ0n) is 24.0. The summed E-state index contributed by atoms with van der Waals surface area (Å²) in [6.45, 7) is 11.9. The fourth-order valence-corrected chi connectivity index (χ4v) is 5.19. The molecule has 5 rings (SSSR count). The van der Waals surface area contributed by atoms with Gasteiger partial charge in [0.25, 0.3) is 0 Å². The zero-order chi connectivity index (χ0) is 28.7. The van der Waals surface area contributed by atoms with Crippen molar-refractivity contribution in [1.82, 2.24) is 24.4 Å². The predicted molar refractivity (Wildman–Crippen MR) is 150 cm³/mol. The third-order valence-electron chi connectivity index (χ3n) is 7.19. The van der Waals surface area contributed by atoms with Gasteiger partial charge in [0.1, 0.15) is 30.2 Å². The standard InChI is InChI=1S/C28H39N7O5/c1-27(2,3)17-8-10-18(11-9-17)33-26(36)37-13-7-12-34(6)14-19-21-22(40-28(4,5)39-21)25(38-19)35-16-32-20-23(29)30-15-31-24(20)35/h8-11,15-16,19,21-22,25H,7,12-14H2,1-6H3,(H,33,36)(H2,29,30,31)/t19-,21-,22-,25-/m1/s1. The molecule has 1 amide bonds. The highest BCUT2D eigenvalue weighted by molar-refractivity contribution is 5.84. The second-order valence-electron chi connectivity index (χ2n) is 11.9. The molecule has 2 saturated heterocycles. The van der Waals surface area contributed by atoms with Crippen LogP contribution in [-0.2, 0) is 24.4 Å². The lowest BCUT2D eigenvalue weighted by molar-refractivity contribution is -0.197. The topological polar surface area (TPSA) is 139 Å². The Balaban J connectivity index is 1.12. The molecule has 0 bridgehead atoms. The minimum absolute atomic E-state index is 0.0564. The quantitative estimate of drug-likeness (QED) is 0.397. The molecule has 2 aliphatic heterocycles. The van der Waals surface area contributed by atoms with E-state index in [1.807, 2.05) is 49.7 Å². The molecular formula is C28H39N7O5. The second-order valence-corrected chi connectivity index (χ2v) is 11.9. The molecule has 12 nitrogen and oxygen atoms in total. The summed E-state index contributed by atoms with van der Waals surface area (Å²) in [4.78, 5) is 27.1. The number of rotatable bonds is 8. The number of hydrogen-bond acceptors (Lipinski definition) is 10. The van der Waals surface area contributed by atoms with Gasteiger partial charge in [0.15, 0.2) is 23.5 Å². The molecule has 12 heteroatoms. The molecule has 0 aliphatic carbocycles. The van der Waals surface area contributed by atoms with Gasteiger partial charge < -0.3 is 29.6 Å². The van der Waals surface area contributed by atoms with Crippen LogP contribution in [0.4, 0.5) is 16.3 Å².